The Balaban J connectivity index is 0.979. The van der Waals surface area contributed by atoms with Crippen molar-refractivity contribution in [3.63, 3.8) is 0 Å². The number of hydrogen-bond acceptors (Lipinski definition) is 25. The van der Waals surface area contributed by atoms with Gasteiger partial charge < -0.3 is 80.5 Å². The second kappa shape index (κ2) is 29.3. The van der Waals surface area contributed by atoms with Crippen molar-refractivity contribution >= 4 is 47.8 Å². The summed E-state index contributed by atoms with van der Waals surface area (Å²) in [6.45, 7) is 4.07. The second-order valence-electron chi connectivity index (χ2n) is 22.7. The first-order valence-corrected chi connectivity index (χ1v) is 30.0. The van der Waals surface area contributed by atoms with Gasteiger partial charge in [-0.1, -0.05) is 109 Å². The molecule has 25 nitrogen and oxygen atoms in total. The first kappa shape index (κ1) is 66.2. The molecule has 6 aromatic carbocycles. The van der Waals surface area contributed by atoms with Gasteiger partial charge in [-0.05, 0) is 86.6 Å². The smallest absolute Gasteiger partial charge is 0.366 e. The van der Waals surface area contributed by atoms with Crippen molar-refractivity contribution in [3.05, 3.63) is 215 Å². The summed E-state index contributed by atoms with van der Waals surface area (Å²) >= 11 is 0. The van der Waals surface area contributed by atoms with E-state index in [2.05, 4.69) is 0 Å². The maximum Gasteiger partial charge on any atom is 0.366 e. The Hall–Kier alpha value is -9.28. The zero-order valence-electron chi connectivity index (χ0n) is 51.3. The lowest BCUT2D eigenvalue weighted by Gasteiger charge is -2.31. The van der Waals surface area contributed by atoms with Crippen molar-refractivity contribution in [3.8, 4) is 0 Å². The van der Waals surface area contributed by atoms with E-state index < -0.39 is 165 Å². The van der Waals surface area contributed by atoms with Crippen LogP contribution in [0.3, 0.4) is 0 Å². The molecule has 5 fully saturated rings. The molecule has 5 aliphatic heterocycles. The van der Waals surface area contributed by atoms with E-state index in [4.69, 9.17) is 80.5 Å². The highest BCUT2D eigenvalue weighted by molar-refractivity contribution is 5.92. The van der Waals surface area contributed by atoms with Gasteiger partial charge in [0, 0.05) is 13.8 Å². The molecule has 94 heavy (non-hydrogen) atoms. The molecular formula is C69H66O25. The summed E-state index contributed by atoms with van der Waals surface area (Å²) in [6, 6.07) is 46.9. The van der Waals surface area contributed by atoms with Gasteiger partial charge in [-0.25, -0.2) is 33.6 Å². The summed E-state index contributed by atoms with van der Waals surface area (Å²) in [4.78, 5) is 112. The lowest BCUT2D eigenvalue weighted by molar-refractivity contribution is -0.248. The van der Waals surface area contributed by atoms with Gasteiger partial charge in [0.25, 0.3) is 5.79 Å². The topological polar surface area (TPSA) is 293 Å². The number of carbonyl (C=O) groups is 8. The first-order valence-electron chi connectivity index (χ1n) is 30.0. The Kier molecular flexibility index (Phi) is 20.7. The minimum Gasteiger partial charge on any atom is -0.465 e. The van der Waals surface area contributed by atoms with Crippen molar-refractivity contribution < 1.29 is 119 Å². The summed E-state index contributed by atoms with van der Waals surface area (Å²) in [5.74, 6) is -10.6. The summed E-state index contributed by atoms with van der Waals surface area (Å²) in [5, 5.41) is 0. The van der Waals surface area contributed by atoms with Crippen LogP contribution in [-0.4, -0.2) is 178 Å². The number of rotatable bonds is 23. The molecule has 5 aliphatic rings. The number of carbonyl (C=O) groups excluding carboxylic acids is 8. The van der Waals surface area contributed by atoms with E-state index >= 15 is 0 Å². The Morgan fingerprint density at radius 1 is 0.426 bits per heavy atom. The minimum atomic E-state index is -2.07. The predicted octanol–water partition coefficient (Wildman–Crippen LogP) is 6.94. The number of ether oxygens (including phenoxy) is 17. The van der Waals surface area contributed by atoms with Crippen LogP contribution in [0.15, 0.2) is 182 Å². The average molecular weight is 1300 g/mol. The zero-order valence-corrected chi connectivity index (χ0v) is 51.3. The van der Waals surface area contributed by atoms with Gasteiger partial charge in [-0.2, -0.15) is 0 Å². The molecule has 0 unspecified atom stereocenters. The van der Waals surface area contributed by atoms with Gasteiger partial charge in [0.05, 0.1) is 60.3 Å². The van der Waals surface area contributed by atoms with Crippen LogP contribution >= 0.6 is 0 Å². The molecular weight excluding hydrogens is 1230 g/mol. The SMILES string of the molecule is COC(=O)[C@]1(C)O[C@H]2O[C@@H]([C@@H](CO[C@@H]3O[C@@H]([C@@H](CO[C@@H]4O[C@@H]([C@H]5COC(C)(C)O5)[C@H](OC(=O)c5ccccc5)[C@H]4OC(C)=O)OC(=O)c4ccccc4)[C@H](OC(=O)c4ccccc4)[C@H]3OC(=O)c3ccccc3)OC(=O)c3ccccc3)[C@H](OC(=O)c3ccccc3)[C@H]2O1. The number of hydrogen-bond donors (Lipinski definition) is 0. The molecule has 0 spiro atoms. The largest absolute Gasteiger partial charge is 0.465 e. The van der Waals surface area contributed by atoms with E-state index in [1.54, 1.807) is 123 Å². The molecule has 0 N–H and O–H groups in total. The van der Waals surface area contributed by atoms with Crippen molar-refractivity contribution in [2.24, 2.45) is 0 Å². The fraction of sp³-hybridized carbons (Fsp3) is 0.362. The summed E-state index contributed by atoms with van der Waals surface area (Å²) in [5.41, 5.74) is 0.356. The highest BCUT2D eigenvalue weighted by Crippen LogP contribution is 2.43. The zero-order chi connectivity index (χ0) is 66.1. The molecule has 16 atom stereocenters. The second-order valence-corrected chi connectivity index (χ2v) is 22.7. The van der Waals surface area contributed by atoms with Crippen molar-refractivity contribution in [1.29, 1.82) is 0 Å². The molecule has 0 saturated carbocycles. The summed E-state index contributed by atoms with van der Waals surface area (Å²) < 4.78 is 105. The lowest BCUT2D eigenvalue weighted by Crippen LogP contribution is -2.49. The van der Waals surface area contributed by atoms with E-state index in [1.165, 1.54) is 79.7 Å². The first-order chi connectivity index (χ1) is 45.3. The van der Waals surface area contributed by atoms with Crippen molar-refractivity contribution in [1.82, 2.24) is 0 Å². The van der Waals surface area contributed by atoms with Gasteiger partial charge in [-0.3, -0.25) is 4.79 Å². The Morgan fingerprint density at radius 3 is 1.20 bits per heavy atom. The molecule has 11 rings (SSSR count). The van der Waals surface area contributed by atoms with Crippen LogP contribution in [0.2, 0.25) is 0 Å². The number of esters is 8. The predicted molar refractivity (Wildman–Crippen MR) is 319 cm³/mol. The number of fused-ring (bicyclic) bond motifs is 1. The van der Waals surface area contributed by atoms with Crippen LogP contribution in [0.4, 0.5) is 0 Å². The molecule has 6 aromatic rings. The molecule has 0 aliphatic carbocycles. The molecule has 5 heterocycles. The van der Waals surface area contributed by atoms with Gasteiger partial charge in [-0.15, -0.1) is 0 Å². The monoisotopic (exact) mass is 1290 g/mol. The Morgan fingerprint density at radius 2 is 0.798 bits per heavy atom. The third kappa shape index (κ3) is 15.3. The van der Waals surface area contributed by atoms with Crippen LogP contribution in [-0.2, 0) is 90.1 Å². The fourth-order valence-electron chi connectivity index (χ4n) is 11.2. The van der Waals surface area contributed by atoms with Crippen LogP contribution in [0.1, 0.15) is 89.8 Å². The van der Waals surface area contributed by atoms with Gasteiger partial charge >= 0.3 is 47.8 Å². The summed E-state index contributed by atoms with van der Waals surface area (Å²) in [7, 11) is 1.11. The molecule has 25 heteroatoms. The van der Waals surface area contributed by atoms with E-state index in [9.17, 15) is 38.4 Å². The van der Waals surface area contributed by atoms with Gasteiger partial charge in [0.1, 0.15) is 24.4 Å². The normalized spacial score (nSPS) is 27.9. The quantitative estimate of drug-likeness (QED) is 0.0463. The van der Waals surface area contributed by atoms with E-state index in [0.29, 0.717) is 0 Å². The van der Waals surface area contributed by atoms with E-state index in [-0.39, 0.29) is 40.0 Å². The number of benzene rings is 6. The van der Waals surface area contributed by atoms with Crippen molar-refractivity contribution in [2.75, 3.05) is 26.9 Å². The molecule has 0 bridgehead atoms. The number of methoxy groups -OCH3 is 1. The molecule has 492 valence electrons. The Labute approximate surface area is 538 Å². The maximum absolute atomic E-state index is 14.6. The molecule has 0 amide bonds. The average Bonchev–Trinajstić information content (AvgIpc) is 1.61. The highest BCUT2D eigenvalue weighted by Gasteiger charge is 2.64. The third-order valence-corrected chi connectivity index (χ3v) is 15.7. The van der Waals surface area contributed by atoms with Crippen LogP contribution < -0.4 is 0 Å². The van der Waals surface area contributed by atoms with E-state index in [1.807, 2.05) is 0 Å². The fourth-order valence-corrected chi connectivity index (χ4v) is 11.2. The van der Waals surface area contributed by atoms with Crippen LogP contribution in [0, 0.1) is 0 Å². The van der Waals surface area contributed by atoms with E-state index in [0.717, 1.165) is 14.0 Å². The lowest BCUT2D eigenvalue weighted by atomic mass is 10.0. The molecule has 5 saturated heterocycles. The van der Waals surface area contributed by atoms with Crippen LogP contribution in [0.25, 0.3) is 0 Å². The maximum atomic E-state index is 14.6. The minimum absolute atomic E-state index is 0.0143. The summed E-state index contributed by atoms with van der Waals surface area (Å²) in [6.07, 6.45) is -23.6. The molecule has 0 radical (unpaired) electrons. The van der Waals surface area contributed by atoms with Crippen molar-refractivity contribution in [2.45, 2.75) is 131 Å². The van der Waals surface area contributed by atoms with Gasteiger partial charge in [0.2, 0.25) is 0 Å². The standard InChI is InChI=1S/C69H66O25/c1-39(70)82-55-53(86-61(74)43-30-18-9-19-31-43)51(48-38-81-68(2,3)92-48)90-64(55)79-36-46(83-58(71)40-24-12-6-13-25-40)49-52(85-60(73)42-28-16-8-17-29-42)56(88-63(76)45-34-22-11-23-35-45)65(89-49)80-37-47(84-59(72)41-26-14-7-15-27-41)50-54(87-62(75)44-32-20-10-21-33-44)57-66(91-50)94-69(4,93-57)67(77)78-5/h6-35,46-57,64-66H,36-38H2,1-5H3/t46-,47-,48-,49+,50+,51+,52+,53+,54+,55-,56-,57-,64-,65-,66-,69+/m1/s1. The Bertz CT molecular complexity index is 3620. The third-order valence-electron chi connectivity index (χ3n) is 15.7. The van der Waals surface area contributed by atoms with Crippen LogP contribution in [0.5, 0.6) is 0 Å². The van der Waals surface area contributed by atoms with Gasteiger partial charge in [0.15, 0.2) is 73.5 Å². The molecule has 0 aromatic heterocycles. The highest BCUT2D eigenvalue weighted by atomic mass is 16.9.